The van der Waals surface area contributed by atoms with Crippen molar-refractivity contribution in [3.63, 3.8) is 0 Å². The zero-order valence-electron chi connectivity index (χ0n) is 17.4. The van der Waals surface area contributed by atoms with Crippen LogP contribution in [0.3, 0.4) is 0 Å². The molecule has 0 saturated heterocycles. The maximum Gasteiger partial charge on any atom is 0.312 e. The highest BCUT2D eigenvalue weighted by atomic mass is 16.6. The van der Waals surface area contributed by atoms with Gasteiger partial charge < -0.3 is 4.57 Å². The number of hydrazine groups is 2. The van der Waals surface area contributed by atoms with E-state index in [1.54, 1.807) is 42.0 Å². The third-order valence-corrected chi connectivity index (χ3v) is 5.13. The Hall–Kier alpha value is -4.47. The first-order chi connectivity index (χ1) is 15.3. The number of nitrogens with zero attached hydrogens (tertiary/aromatic N) is 4. The second kappa shape index (κ2) is 8.34. The second-order valence-electron chi connectivity index (χ2n) is 7.32. The van der Waals surface area contributed by atoms with Crippen molar-refractivity contribution in [1.29, 1.82) is 0 Å². The van der Waals surface area contributed by atoms with E-state index in [9.17, 15) is 19.7 Å². The normalized spacial score (nSPS) is 13.2. The number of Topliss-reactive ketones (excluding diaryl/α,β-unsaturated/α-hetero) is 1. The number of carbonyl (C=O) groups excluding carboxylic acids is 2. The molecule has 0 spiro atoms. The average molecular weight is 432 g/mol. The molecule has 1 aliphatic rings. The summed E-state index contributed by atoms with van der Waals surface area (Å²) in [5.41, 5.74) is 8.57. The van der Waals surface area contributed by atoms with E-state index in [0.717, 1.165) is 16.9 Å². The number of fused-ring (bicyclic) bond motifs is 1. The van der Waals surface area contributed by atoms with E-state index in [-0.39, 0.29) is 11.3 Å². The Morgan fingerprint density at radius 1 is 1.16 bits per heavy atom. The molecule has 162 valence electrons. The number of allylic oxidation sites excluding steroid dienone is 2. The number of nitro benzene ring substituents is 1. The Morgan fingerprint density at radius 2 is 1.94 bits per heavy atom. The lowest BCUT2D eigenvalue weighted by molar-refractivity contribution is -0.384. The van der Waals surface area contributed by atoms with Crippen molar-refractivity contribution in [2.45, 2.75) is 20.4 Å². The number of aromatic nitrogens is 1. The first kappa shape index (κ1) is 20.8. The van der Waals surface area contributed by atoms with Crippen molar-refractivity contribution >= 4 is 34.6 Å². The van der Waals surface area contributed by atoms with Gasteiger partial charge in [-0.05, 0) is 25.5 Å². The van der Waals surface area contributed by atoms with E-state index >= 15 is 0 Å². The van der Waals surface area contributed by atoms with Crippen molar-refractivity contribution in [3.05, 3.63) is 87.4 Å². The molecule has 2 heterocycles. The molecular formula is C22H20N6O4. The number of carbonyl (C=O) groups is 2. The Morgan fingerprint density at radius 3 is 2.69 bits per heavy atom. The highest BCUT2D eigenvalue weighted by Gasteiger charge is 2.23. The van der Waals surface area contributed by atoms with Crippen LogP contribution in [0.4, 0.5) is 5.69 Å². The van der Waals surface area contributed by atoms with Gasteiger partial charge in [-0.15, -0.1) is 0 Å². The maximum absolute atomic E-state index is 13.0. The molecular weight excluding hydrogens is 412 g/mol. The van der Waals surface area contributed by atoms with Crippen LogP contribution in [0, 0.1) is 10.1 Å². The molecule has 10 heteroatoms. The number of amides is 1. The lowest BCUT2D eigenvalue weighted by Crippen LogP contribution is -2.52. The molecule has 1 aliphatic heterocycles. The number of para-hydroxylation sites is 1. The predicted molar refractivity (Wildman–Crippen MR) is 118 cm³/mol. The average Bonchev–Trinajstić information content (AvgIpc) is 3.14. The number of nitro groups is 1. The van der Waals surface area contributed by atoms with Gasteiger partial charge in [0.05, 0.1) is 21.9 Å². The fourth-order valence-electron chi connectivity index (χ4n) is 3.39. The van der Waals surface area contributed by atoms with Crippen LogP contribution in [0.25, 0.3) is 10.9 Å². The second-order valence-corrected chi connectivity index (χ2v) is 7.32. The molecule has 0 radical (unpaired) electrons. The Balaban J connectivity index is 1.60. The van der Waals surface area contributed by atoms with Gasteiger partial charge in [-0.3, -0.25) is 25.1 Å². The summed E-state index contributed by atoms with van der Waals surface area (Å²) in [6.45, 7) is 3.93. The van der Waals surface area contributed by atoms with Crippen molar-refractivity contribution in [1.82, 2.24) is 20.5 Å². The molecule has 0 atom stereocenters. The van der Waals surface area contributed by atoms with E-state index in [4.69, 9.17) is 0 Å². The molecule has 2 N–H and O–H groups in total. The highest BCUT2D eigenvalue weighted by Crippen LogP contribution is 2.24. The molecule has 3 aromatic rings. The van der Waals surface area contributed by atoms with Gasteiger partial charge in [-0.25, -0.2) is 10.4 Å². The minimum atomic E-state index is -0.824. The summed E-state index contributed by atoms with van der Waals surface area (Å²) in [6, 6.07) is 13.5. The van der Waals surface area contributed by atoms with Crippen LogP contribution in [0.2, 0.25) is 0 Å². The van der Waals surface area contributed by atoms with E-state index in [1.165, 1.54) is 23.6 Å². The number of aliphatic imine (C=N–C) groups is 1. The lowest BCUT2D eigenvalue weighted by Gasteiger charge is -2.25. The SMILES string of the molecule is CC1=C(C)NN(NC(=O)C(=O)c2cn(Cc3cccc([N+](=O)[O-])c3)c3ccccc23)C=N1. The maximum atomic E-state index is 13.0. The smallest absolute Gasteiger partial charge is 0.312 e. The summed E-state index contributed by atoms with van der Waals surface area (Å²) in [5.74, 6) is -1.53. The van der Waals surface area contributed by atoms with Gasteiger partial charge in [-0.1, -0.05) is 30.3 Å². The molecule has 0 aliphatic carbocycles. The molecule has 2 aromatic carbocycles. The molecule has 1 aromatic heterocycles. The zero-order valence-corrected chi connectivity index (χ0v) is 17.4. The lowest BCUT2D eigenvalue weighted by atomic mass is 10.1. The molecule has 0 unspecified atom stereocenters. The largest absolute Gasteiger partial charge is 0.342 e. The van der Waals surface area contributed by atoms with Crippen LogP contribution < -0.4 is 10.9 Å². The number of rotatable bonds is 6. The molecule has 0 saturated carbocycles. The minimum absolute atomic E-state index is 0.00934. The third kappa shape index (κ3) is 4.06. The van der Waals surface area contributed by atoms with Crippen LogP contribution in [-0.4, -0.2) is 32.6 Å². The summed E-state index contributed by atoms with van der Waals surface area (Å²) in [6.07, 6.45) is 2.97. The van der Waals surface area contributed by atoms with Gasteiger partial charge in [0, 0.05) is 35.8 Å². The van der Waals surface area contributed by atoms with Gasteiger partial charge in [-0.2, -0.15) is 5.12 Å². The summed E-state index contributed by atoms with van der Waals surface area (Å²) in [4.78, 5) is 40.4. The monoisotopic (exact) mass is 432 g/mol. The van der Waals surface area contributed by atoms with Gasteiger partial charge >= 0.3 is 5.91 Å². The molecule has 10 nitrogen and oxygen atoms in total. The molecule has 0 fully saturated rings. The molecule has 1 amide bonds. The van der Waals surface area contributed by atoms with E-state index in [2.05, 4.69) is 15.8 Å². The van der Waals surface area contributed by atoms with Crippen LogP contribution in [0.1, 0.15) is 29.8 Å². The van der Waals surface area contributed by atoms with E-state index < -0.39 is 16.6 Å². The number of non-ortho nitro benzene ring substituents is 1. The quantitative estimate of drug-likeness (QED) is 0.267. The first-order valence-electron chi connectivity index (χ1n) is 9.77. The van der Waals surface area contributed by atoms with E-state index in [0.29, 0.717) is 17.5 Å². The van der Waals surface area contributed by atoms with Crippen molar-refractivity contribution < 1.29 is 14.5 Å². The van der Waals surface area contributed by atoms with Crippen LogP contribution in [-0.2, 0) is 11.3 Å². The number of hydrogen-bond acceptors (Lipinski definition) is 7. The van der Waals surface area contributed by atoms with Gasteiger partial charge in [0.1, 0.15) is 6.34 Å². The first-order valence-corrected chi connectivity index (χ1v) is 9.77. The number of hydrogen-bond donors (Lipinski definition) is 2. The Labute approximate surface area is 182 Å². The molecule has 4 rings (SSSR count). The van der Waals surface area contributed by atoms with Crippen molar-refractivity contribution in [2.24, 2.45) is 4.99 Å². The fraction of sp³-hybridized carbons (Fsp3) is 0.136. The molecule has 0 bridgehead atoms. The van der Waals surface area contributed by atoms with E-state index in [1.807, 2.05) is 19.1 Å². The fourth-order valence-corrected chi connectivity index (χ4v) is 3.39. The topological polar surface area (TPSA) is 122 Å². The van der Waals surface area contributed by atoms with Crippen LogP contribution in [0.15, 0.2) is 71.1 Å². The number of benzene rings is 2. The highest BCUT2D eigenvalue weighted by molar-refractivity contribution is 6.45. The van der Waals surface area contributed by atoms with Crippen LogP contribution in [0.5, 0.6) is 0 Å². The number of nitrogens with one attached hydrogen (secondary N) is 2. The Kier molecular flexibility index (Phi) is 5.42. The van der Waals surface area contributed by atoms with Crippen molar-refractivity contribution in [2.75, 3.05) is 0 Å². The third-order valence-electron chi connectivity index (χ3n) is 5.13. The van der Waals surface area contributed by atoms with Gasteiger partial charge in [0.15, 0.2) is 0 Å². The van der Waals surface area contributed by atoms with Gasteiger partial charge in [0.2, 0.25) is 0 Å². The summed E-state index contributed by atoms with van der Waals surface area (Å²) < 4.78 is 1.80. The summed E-state index contributed by atoms with van der Waals surface area (Å²) in [7, 11) is 0. The van der Waals surface area contributed by atoms with Crippen molar-refractivity contribution in [3.8, 4) is 0 Å². The summed E-state index contributed by atoms with van der Waals surface area (Å²) in [5, 5.41) is 12.9. The minimum Gasteiger partial charge on any atom is -0.342 e. The number of ketones is 1. The zero-order chi connectivity index (χ0) is 22.8. The predicted octanol–water partition coefficient (Wildman–Crippen LogP) is 2.91. The molecule has 32 heavy (non-hydrogen) atoms. The van der Waals surface area contributed by atoms with Gasteiger partial charge in [0.25, 0.3) is 11.5 Å². The van der Waals surface area contributed by atoms with Crippen LogP contribution >= 0.6 is 0 Å². The summed E-state index contributed by atoms with van der Waals surface area (Å²) >= 11 is 0. The Bertz CT molecular complexity index is 1310. The standard InChI is InChI=1S/C22H20N6O4/c1-14-15(2)24-27(13-23-14)25-22(30)21(29)19-12-26(20-9-4-3-8-18(19)20)11-16-6-5-7-17(10-16)28(31)32/h3-10,12-13,24H,11H2,1-2H3,(H,25,30).